The molecule has 1 aromatic heterocycles. The van der Waals surface area contributed by atoms with Crippen molar-refractivity contribution in [1.82, 2.24) is 10.3 Å². The van der Waals surface area contributed by atoms with Crippen LogP contribution in [0.3, 0.4) is 0 Å². The number of fused-ring (bicyclic) bond motifs is 1. The Morgan fingerprint density at radius 1 is 1.11 bits per heavy atom. The molecule has 0 saturated heterocycles. The molecule has 6 nitrogen and oxygen atoms in total. The minimum Gasteiger partial charge on any atom is -0.508 e. The largest absolute Gasteiger partial charge is 0.508 e. The lowest BCUT2D eigenvalue weighted by molar-refractivity contribution is 0.0812. The van der Waals surface area contributed by atoms with Gasteiger partial charge in [0.05, 0.1) is 11.3 Å². The summed E-state index contributed by atoms with van der Waals surface area (Å²) in [6.07, 6.45) is 2.08. The summed E-state index contributed by atoms with van der Waals surface area (Å²) in [5.41, 5.74) is 1.97. The van der Waals surface area contributed by atoms with Crippen LogP contribution in [0.15, 0.2) is 66.9 Å². The minimum atomic E-state index is -0.188. The molecule has 1 aliphatic heterocycles. The average molecular weight is 376 g/mol. The molecule has 0 aliphatic carbocycles. The summed E-state index contributed by atoms with van der Waals surface area (Å²) in [5, 5.41) is 12.4. The van der Waals surface area contributed by atoms with Crippen LogP contribution in [0.2, 0.25) is 0 Å². The summed E-state index contributed by atoms with van der Waals surface area (Å²) in [7, 11) is 0. The molecule has 2 heterocycles. The van der Waals surface area contributed by atoms with Crippen molar-refractivity contribution in [3.05, 3.63) is 72.4 Å². The minimum absolute atomic E-state index is 0.0959. The molecule has 2 aromatic carbocycles. The number of hydrogen-bond donors (Lipinski definition) is 2. The van der Waals surface area contributed by atoms with E-state index in [4.69, 9.17) is 9.47 Å². The van der Waals surface area contributed by atoms with Crippen LogP contribution >= 0.6 is 0 Å². The van der Waals surface area contributed by atoms with Crippen molar-refractivity contribution in [2.75, 3.05) is 13.2 Å². The number of para-hydroxylation sites is 2. The monoisotopic (exact) mass is 376 g/mol. The van der Waals surface area contributed by atoms with Crippen LogP contribution in [-0.2, 0) is 0 Å². The third-order valence-electron chi connectivity index (χ3n) is 4.49. The van der Waals surface area contributed by atoms with E-state index in [9.17, 15) is 9.90 Å². The van der Waals surface area contributed by atoms with Crippen LogP contribution in [0.4, 0.5) is 0 Å². The number of rotatable bonds is 5. The van der Waals surface area contributed by atoms with Crippen molar-refractivity contribution >= 4 is 5.91 Å². The molecule has 0 spiro atoms. The number of phenolic OH excluding ortho intramolecular Hbond substituents is 1. The molecular formula is C22H20N2O4. The lowest BCUT2D eigenvalue weighted by Gasteiger charge is -2.26. The fourth-order valence-corrected chi connectivity index (χ4v) is 3.02. The van der Waals surface area contributed by atoms with Crippen LogP contribution < -0.4 is 14.8 Å². The van der Waals surface area contributed by atoms with Crippen molar-refractivity contribution in [2.45, 2.75) is 12.5 Å². The first kappa shape index (κ1) is 17.9. The molecule has 0 unspecified atom stereocenters. The van der Waals surface area contributed by atoms with Crippen LogP contribution in [0, 0.1) is 0 Å². The number of aromatic nitrogens is 1. The molecule has 142 valence electrons. The summed E-state index contributed by atoms with van der Waals surface area (Å²) in [4.78, 5) is 16.6. The third-order valence-corrected chi connectivity index (χ3v) is 4.49. The van der Waals surface area contributed by atoms with Crippen LogP contribution in [-0.4, -0.2) is 35.3 Å². The SMILES string of the molecule is O=C(NCC[C@@H]1COc2ccccc2O1)c1ccc(-c2cccc(O)c2)nc1. The molecular weight excluding hydrogens is 356 g/mol. The number of aromatic hydroxyl groups is 1. The highest BCUT2D eigenvalue weighted by atomic mass is 16.6. The van der Waals surface area contributed by atoms with E-state index >= 15 is 0 Å². The average Bonchev–Trinajstić information content (AvgIpc) is 2.74. The highest BCUT2D eigenvalue weighted by Gasteiger charge is 2.20. The highest BCUT2D eigenvalue weighted by molar-refractivity contribution is 5.94. The first-order valence-corrected chi connectivity index (χ1v) is 9.11. The van der Waals surface area contributed by atoms with E-state index in [2.05, 4.69) is 10.3 Å². The fourth-order valence-electron chi connectivity index (χ4n) is 3.02. The zero-order valence-electron chi connectivity index (χ0n) is 15.2. The van der Waals surface area contributed by atoms with E-state index in [0.29, 0.717) is 30.8 Å². The van der Waals surface area contributed by atoms with Gasteiger partial charge in [0.2, 0.25) is 0 Å². The van der Waals surface area contributed by atoms with Gasteiger partial charge in [-0.1, -0.05) is 24.3 Å². The molecule has 1 amide bonds. The van der Waals surface area contributed by atoms with Gasteiger partial charge in [-0.3, -0.25) is 9.78 Å². The molecule has 0 saturated carbocycles. The molecule has 1 atom stereocenters. The second-order valence-corrected chi connectivity index (χ2v) is 6.52. The van der Waals surface area contributed by atoms with Crippen molar-refractivity contribution in [3.8, 4) is 28.5 Å². The standard InChI is InChI=1S/C22H20N2O4/c25-17-5-3-4-15(12-17)19-9-8-16(13-24-19)22(26)23-11-10-18-14-27-20-6-1-2-7-21(20)28-18/h1-9,12-13,18,25H,10-11,14H2,(H,23,26)/t18-/m1/s1. The van der Waals surface area contributed by atoms with Crippen molar-refractivity contribution < 1.29 is 19.4 Å². The molecule has 6 heteroatoms. The maximum absolute atomic E-state index is 12.3. The zero-order chi connectivity index (χ0) is 19.3. The van der Waals surface area contributed by atoms with Gasteiger partial charge in [0.1, 0.15) is 18.5 Å². The smallest absolute Gasteiger partial charge is 0.252 e. The summed E-state index contributed by atoms with van der Waals surface area (Å²) in [6, 6.07) is 17.9. The molecule has 0 radical (unpaired) electrons. The summed E-state index contributed by atoms with van der Waals surface area (Å²) >= 11 is 0. The second-order valence-electron chi connectivity index (χ2n) is 6.52. The van der Waals surface area contributed by atoms with E-state index in [0.717, 1.165) is 17.1 Å². The predicted octanol–water partition coefficient (Wildman–Crippen LogP) is 3.41. The Kier molecular flexibility index (Phi) is 5.10. The maximum atomic E-state index is 12.3. The molecule has 2 N–H and O–H groups in total. The van der Waals surface area contributed by atoms with Gasteiger partial charge in [-0.15, -0.1) is 0 Å². The molecule has 3 aromatic rings. The lowest BCUT2D eigenvalue weighted by atomic mass is 10.1. The molecule has 0 fully saturated rings. The molecule has 0 bridgehead atoms. The quantitative estimate of drug-likeness (QED) is 0.713. The third kappa shape index (κ3) is 4.06. The van der Waals surface area contributed by atoms with Gasteiger partial charge in [0.15, 0.2) is 11.5 Å². The Morgan fingerprint density at radius 3 is 2.75 bits per heavy atom. The molecule has 28 heavy (non-hydrogen) atoms. The van der Waals surface area contributed by atoms with Crippen LogP contribution in [0.1, 0.15) is 16.8 Å². The predicted molar refractivity (Wildman–Crippen MR) is 105 cm³/mol. The number of nitrogens with one attached hydrogen (secondary N) is 1. The van der Waals surface area contributed by atoms with E-state index in [1.165, 1.54) is 6.20 Å². The van der Waals surface area contributed by atoms with Crippen LogP contribution in [0.5, 0.6) is 17.2 Å². The van der Waals surface area contributed by atoms with Gasteiger partial charge in [-0.05, 0) is 36.4 Å². The normalized spacial score (nSPS) is 15.1. The summed E-state index contributed by atoms with van der Waals surface area (Å²) < 4.78 is 11.6. The van der Waals surface area contributed by atoms with Crippen LogP contribution in [0.25, 0.3) is 11.3 Å². The van der Waals surface area contributed by atoms with Gasteiger partial charge in [0, 0.05) is 24.7 Å². The fraction of sp³-hybridized carbons (Fsp3) is 0.182. The van der Waals surface area contributed by atoms with Gasteiger partial charge in [-0.25, -0.2) is 0 Å². The van der Waals surface area contributed by atoms with E-state index in [1.54, 1.807) is 30.3 Å². The Labute approximate surface area is 162 Å². The number of phenols is 1. The van der Waals surface area contributed by atoms with Gasteiger partial charge >= 0.3 is 0 Å². The van der Waals surface area contributed by atoms with Gasteiger partial charge in [0.25, 0.3) is 5.91 Å². The van der Waals surface area contributed by atoms with Gasteiger partial charge < -0.3 is 19.9 Å². The number of pyridine rings is 1. The van der Waals surface area contributed by atoms with Gasteiger partial charge in [-0.2, -0.15) is 0 Å². The van der Waals surface area contributed by atoms with E-state index in [-0.39, 0.29) is 17.8 Å². The Balaban J connectivity index is 1.30. The Bertz CT molecular complexity index is 972. The number of carbonyl (C=O) groups is 1. The Morgan fingerprint density at radius 2 is 1.96 bits per heavy atom. The van der Waals surface area contributed by atoms with E-state index < -0.39 is 0 Å². The maximum Gasteiger partial charge on any atom is 0.252 e. The lowest BCUT2D eigenvalue weighted by Crippen LogP contribution is -2.34. The van der Waals surface area contributed by atoms with Crippen molar-refractivity contribution in [2.24, 2.45) is 0 Å². The number of benzene rings is 2. The second kappa shape index (κ2) is 8.00. The number of hydrogen-bond acceptors (Lipinski definition) is 5. The van der Waals surface area contributed by atoms with Crippen molar-refractivity contribution in [3.63, 3.8) is 0 Å². The first-order valence-electron chi connectivity index (χ1n) is 9.11. The summed E-state index contributed by atoms with van der Waals surface area (Å²) in [5.74, 6) is 1.47. The Hall–Kier alpha value is -3.54. The topological polar surface area (TPSA) is 80.7 Å². The molecule has 1 aliphatic rings. The number of ether oxygens (including phenoxy) is 2. The highest BCUT2D eigenvalue weighted by Crippen LogP contribution is 2.31. The number of amides is 1. The zero-order valence-corrected chi connectivity index (χ0v) is 15.2. The van der Waals surface area contributed by atoms with E-state index in [1.807, 2.05) is 30.3 Å². The first-order chi connectivity index (χ1) is 13.7. The molecule has 4 rings (SSSR count). The summed E-state index contributed by atoms with van der Waals surface area (Å²) in [6.45, 7) is 0.941. The van der Waals surface area contributed by atoms with Crippen molar-refractivity contribution in [1.29, 1.82) is 0 Å². The number of nitrogens with zero attached hydrogens (tertiary/aromatic N) is 1. The number of carbonyl (C=O) groups excluding carboxylic acids is 1.